The van der Waals surface area contributed by atoms with Gasteiger partial charge in [0, 0.05) is 18.7 Å². The fourth-order valence-electron chi connectivity index (χ4n) is 4.18. The van der Waals surface area contributed by atoms with Crippen molar-refractivity contribution in [2.75, 3.05) is 18.5 Å². The van der Waals surface area contributed by atoms with E-state index in [4.69, 9.17) is 4.74 Å². The van der Waals surface area contributed by atoms with Crippen molar-refractivity contribution in [2.24, 2.45) is 0 Å². The Bertz CT molecular complexity index is 1160. The van der Waals surface area contributed by atoms with Crippen LogP contribution in [0.5, 0.6) is 5.75 Å². The summed E-state index contributed by atoms with van der Waals surface area (Å²) in [5, 5.41) is 2.63. The molecular weight excluding hydrogens is 419 g/mol. The van der Waals surface area contributed by atoms with Crippen molar-refractivity contribution >= 4 is 17.5 Å². The Morgan fingerprint density at radius 1 is 1.09 bits per heavy atom. The highest BCUT2D eigenvalue weighted by Gasteiger charge is 2.31. The molecule has 0 saturated carbocycles. The zero-order valence-electron chi connectivity index (χ0n) is 18.8. The van der Waals surface area contributed by atoms with Crippen LogP contribution in [-0.2, 0) is 16.0 Å². The van der Waals surface area contributed by atoms with Crippen LogP contribution in [0.2, 0.25) is 0 Å². The van der Waals surface area contributed by atoms with E-state index in [-0.39, 0.29) is 24.5 Å². The normalized spacial score (nSPS) is 15.0. The molecule has 3 aromatic rings. The Labute approximate surface area is 193 Å². The van der Waals surface area contributed by atoms with Crippen LogP contribution in [0.25, 0.3) is 0 Å². The number of nitrogens with zero attached hydrogens (tertiary/aromatic N) is 1. The summed E-state index contributed by atoms with van der Waals surface area (Å²) in [4.78, 5) is 26.9. The number of nitrogens with one attached hydrogen (secondary N) is 1. The van der Waals surface area contributed by atoms with E-state index in [1.54, 1.807) is 6.07 Å². The second kappa shape index (κ2) is 9.86. The van der Waals surface area contributed by atoms with Gasteiger partial charge in [0.15, 0.2) is 6.61 Å². The number of fused-ring (bicyclic) bond motifs is 1. The largest absolute Gasteiger partial charge is 0.484 e. The second-order valence-corrected chi connectivity index (χ2v) is 8.21. The third-order valence-electron chi connectivity index (χ3n) is 5.84. The maximum absolute atomic E-state index is 13.3. The SMILES string of the molecule is CCC(=O)N1CCc2ccc(OCC(=O)Nc3cccc(F)c3)cc2C1c1ccc(C)cc1. The summed E-state index contributed by atoms with van der Waals surface area (Å²) < 4.78 is 19.1. The lowest BCUT2D eigenvalue weighted by Gasteiger charge is -2.38. The molecule has 0 aliphatic carbocycles. The number of anilines is 1. The second-order valence-electron chi connectivity index (χ2n) is 8.21. The van der Waals surface area contributed by atoms with Crippen LogP contribution in [0.3, 0.4) is 0 Å². The highest BCUT2D eigenvalue weighted by Crippen LogP contribution is 2.37. The zero-order chi connectivity index (χ0) is 23.4. The van der Waals surface area contributed by atoms with Gasteiger partial charge in [-0.05, 0) is 60.4 Å². The van der Waals surface area contributed by atoms with Gasteiger partial charge in [0.2, 0.25) is 5.91 Å². The first kappa shape index (κ1) is 22.5. The lowest BCUT2D eigenvalue weighted by molar-refractivity contribution is -0.132. The number of ether oxygens (including phenoxy) is 1. The minimum atomic E-state index is -0.420. The topological polar surface area (TPSA) is 58.6 Å². The van der Waals surface area contributed by atoms with Crippen molar-refractivity contribution in [1.82, 2.24) is 4.90 Å². The van der Waals surface area contributed by atoms with Crippen LogP contribution in [0.1, 0.15) is 41.6 Å². The van der Waals surface area contributed by atoms with Crippen molar-refractivity contribution in [1.29, 1.82) is 0 Å². The molecule has 3 aromatic carbocycles. The Morgan fingerprint density at radius 3 is 2.61 bits per heavy atom. The summed E-state index contributed by atoms with van der Waals surface area (Å²) in [6, 6.07) is 19.5. The van der Waals surface area contributed by atoms with Gasteiger partial charge in [-0.1, -0.05) is 48.9 Å². The van der Waals surface area contributed by atoms with E-state index in [0.717, 1.165) is 28.7 Å². The zero-order valence-corrected chi connectivity index (χ0v) is 18.8. The maximum Gasteiger partial charge on any atom is 0.262 e. The van der Waals surface area contributed by atoms with Crippen LogP contribution in [0.4, 0.5) is 10.1 Å². The summed E-state index contributed by atoms with van der Waals surface area (Å²) in [7, 11) is 0. The molecule has 1 atom stereocenters. The van der Waals surface area contributed by atoms with Gasteiger partial charge in [0.25, 0.3) is 5.91 Å². The summed E-state index contributed by atoms with van der Waals surface area (Å²) in [5.41, 5.74) is 4.75. The van der Waals surface area contributed by atoms with Gasteiger partial charge >= 0.3 is 0 Å². The molecule has 2 amide bonds. The molecule has 0 aromatic heterocycles. The van der Waals surface area contributed by atoms with Gasteiger partial charge in [0.1, 0.15) is 11.6 Å². The predicted molar refractivity (Wildman–Crippen MR) is 126 cm³/mol. The monoisotopic (exact) mass is 446 g/mol. The molecule has 6 heteroatoms. The van der Waals surface area contributed by atoms with E-state index in [9.17, 15) is 14.0 Å². The highest BCUT2D eigenvalue weighted by molar-refractivity contribution is 5.91. The van der Waals surface area contributed by atoms with Crippen LogP contribution >= 0.6 is 0 Å². The molecule has 1 N–H and O–H groups in total. The lowest BCUT2D eigenvalue weighted by atomic mass is 9.87. The van der Waals surface area contributed by atoms with E-state index in [1.807, 2.05) is 36.9 Å². The van der Waals surface area contributed by atoms with Crippen molar-refractivity contribution < 1.29 is 18.7 Å². The average molecular weight is 447 g/mol. The summed E-state index contributed by atoms with van der Waals surface area (Å²) >= 11 is 0. The molecule has 33 heavy (non-hydrogen) atoms. The van der Waals surface area contributed by atoms with E-state index in [1.165, 1.54) is 18.2 Å². The molecule has 1 unspecified atom stereocenters. The van der Waals surface area contributed by atoms with Crippen LogP contribution in [-0.4, -0.2) is 29.9 Å². The van der Waals surface area contributed by atoms with E-state index in [0.29, 0.717) is 24.4 Å². The molecule has 170 valence electrons. The number of hydrogen-bond acceptors (Lipinski definition) is 3. The molecule has 4 rings (SSSR count). The molecule has 1 heterocycles. The smallest absolute Gasteiger partial charge is 0.262 e. The number of benzene rings is 3. The van der Waals surface area contributed by atoms with Gasteiger partial charge in [-0.2, -0.15) is 0 Å². The molecule has 0 saturated heterocycles. The molecule has 0 bridgehead atoms. The molecule has 5 nitrogen and oxygen atoms in total. The molecule has 1 aliphatic heterocycles. The minimum Gasteiger partial charge on any atom is -0.484 e. The molecule has 1 aliphatic rings. The number of carbonyl (C=O) groups excluding carboxylic acids is 2. The van der Waals surface area contributed by atoms with E-state index >= 15 is 0 Å². The summed E-state index contributed by atoms with van der Waals surface area (Å²) in [6.07, 6.45) is 1.21. The van der Waals surface area contributed by atoms with Crippen molar-refractivity contribution in [2.45, 2.75) is 32.7 Å². The first-order valence-electron chi connectivity index (χ1n) is 11.1. The van der Waals surface area contributed by atoms with Crippen molar-refractivity contribution in [3.63, 3.8) is 0 Å². The lowest BCUT2D eigenvalue weighted by Crippen LogP contribution is -2.40. The maximum atomic E-state index is 13.3. The number of rotatable bonds is 6. The van der Waals surface area contributed by atoms with E-state index in [2.05, 4.69) is 29.6 Å². The van der Waals surface area contributed by atoms with Gasteiger partial charge in [0.05, 0.1) is 6.04 Å². The number of aryl methyl sites for hydroxylation is 1. The predicted octanol–water partition coefficient (Wildman–Crippen LogP) is 5.04. The van der Waals surface area contributed by atoms with Gasteiger partial charge in [-0.3, -0.25) is 9.59 Å². The van der Waals surface area contributed by atoms with Crippen LogP contribution in [0.15, 0.2) is 66.7 Å². The van der Waals surface area contributed by atoms with Crippen LogP contribution in [0, 0.1) is 12.7 Å². The molecule has 0 radical (unpaired) electrons. The summed E-state index contributed by atoms with van der Waals surface area (Å²) in [6.45, 7) is 4.37. The Hall–Kier alpha value is -3.67. The Kier molecular flexibility index (Phi) is 6.73. The Morgan fingerprint density at radius 2 is 1.88 bits per heavy atom. The Balaban J connectivity index is 1.56. The van der Waals surface area contributed by atoms with Gasteiger partial charge < -0.3 is 15.0 Å². The first-order valence-corrected chi connectivity index (χ1v) is 11.1. The minimum absolute atomic E-state index is 0.104. The fourth-order valence-corrected chi connectivity index (χ4v) is 4.18. The first-order chi connectivity index (χ1) is 15.9. The van der Waals surface area contributed by atoms with Crippen LogP contribution < -0.4 is 10.1 Å². The fraction of sp³-hybridized carbons (Fsp3) is 0.259. The molecule has 0 spiro atoms. The number of carbonyl (C=O) groups is 2. The van der Waals surface area contributed by atoms with Gasteiger partial charge in [-0.25, -0.2) is 4.39 Å². The van der Waals surface area contributed by atoms with Crippen molar-refractivity contribution in [3.8, 4) is 5.75 Å². The van der Waals surface area contributed by atoms with E-state index < -0.39 is 5.82 Å². The highest BCUT2D eigenvalue weighted by atomic mass is 19.1. The third-order valence-corrected chi connectivity index (χ3v) is 5.84. The summed E-state index contributed by atoms with van der Waals surface area (Å²) in [5.74, 6) is -0.147. The molecule has 0 fully saturated rings. The average Bonchev–Trinajstić information content (AvgIpc) is 2.82. The van der Waals surface area contributed by atoms with Gasteiger partial charge in [-0.15, -0.1) is 0 Å². The number of hydrogen-bond donors (Lipinski definition) is 1. The standard InChI is InChI=1S/C27H27FN2O3/c1-3-26(32)30-14-13-19-11-12-23(16-24(19)27(30)20-9-7-18(2)8-10-20)33-17-25(31)29-22-6-4-5-21(28)15-22/h4-12,15-16,27H,3,13-14,17H2,1-2H3,(H,29,31). The quantitative estimate of drug-likeness (QED) is 0.577. The van der Waals surface area contributed by atoms with Crippen molar-refractivity contribution in [3.05, 3.63) is 94.8 Å². The molecular formula is C27H27FN2O3. The third kappa shape index (κ3) is 5.22. The number of halogens is 1. The number of amides is 2.